The lowest BCUT2D eigenvalue weighted by Crippen LogP contribution is -2.40. The van der Waals surface area contributed by atoms with Gasteiger partial charge in [-0.1, -0.05) is 11.2 Å². The quantitative estimate of drug-likeness (QED) is 0.348. The van der Waals surface area contributed by atoms with Gasteiger partial charge < -0.3 is 9.84 Å². The Balaban J connectivity index is 2.38. The highest BCUT2D eigenvalue weighted by Gasteiger charge is 2.27. The van der Waals surface area contributed by atoms with E-state index in [-0.39, 0.29) is 6.61 Å². The summed E-state index contributed by atoms with van der Waals surface area (Å²) >= 11 is 0. The largest absolute Gasteiger partial charge is 0.394 e. The molecular weight excluding hydrogens is 266 g/mol. The predicted octanol–water partition coefficient (Wildman–Crippen LogP) is -0.0302. The molecule has 1 aromatic rings. The zero-order valence-corrected chi connectivity index (χ0v) is 10.6. The van der Waals surface area contributed by atoms with Gasteiger partial charge in [-0.25, -0.2) is 4.79 Å². The Morgan fingerprint density at radius 3 is 2.95 bits per heavy atom. The number of hydrogen-bond acceptors (Lipinski definition) is 5. The second-order valence-corrected chi connectivity index (χ2v) is 4.31. The van der Waals surface area contributed by atoms with Gasteiger partial charge in [0.1, 0.15) is 0 Å². The van der Waals surface area contributed by atoms with Crippen LogP contribution in [0, 0.1) is 6.92 Å². The molecule has 0 fully saturated rings. The Kier molecular flexibility index (Phi) is 4.04. The summed E-state index contributed by atoms with van der Waals surface area (Å²) in [5.74, 6) is 0. The lowest BCUT2D eigenvalue weighted by molar-refractivity contribution is -0.0655. The van der Waals surface area contributed by atoms with E-state index in [1.165, 1.54) is 16.8 Å². The van der Waals surface area contributed by atoms with Gasteiger partial charge in [0.2, 0.25) is 0 Å². The Hall–Kier alpha value is -2.35. The van der Waals surface area contributed by atoms with E-state index in [2.05, 4.69) is 15.0 Å². The minimum absolute atomic E-state index is 0.360. The van der Waals surface area contributed by atoms with Gasteiger partial charge in [0.15, 0.2) is 6.23 Å². The first kappa shape index (κ1) is 14.1. The van der Waals surface area contributed by atoms with Gasteiger partial charge in [0.25, 0.3) is 5.56 Å². The average molecular weight is 279 g/mol. The molecule has 1 aliphatic rings. The molecule has 0 bridgehead atoms. The van der Waals surface area contributed by atoms with Crippen LogP contribution >= 0.6 is 0 Å². The third-order valence-electron chi connectivity index (χ3n) is 2.95. The molecule has 1 aromatic heterocycles. The van der Waals surface area contributed by atoms with Crippen LogP contribution in [0.15, 0.2) is 33.1 Å². The number of nitrogens with zero attached hydrogens (tertiary/aromatic N) is 4. The zero-order valence-electron chi connectivity index (χ0n) is 10.6. The summed E-state index contributed by atoms with van der Waals surface area (Å²) in [4.78, 5) is 27.9. The normalized spacial score (nSPS) is 25.2. The number of aryl methyl sites for hydroxylation is 1. The van der Waals surface area contributed by atoms with E-state index in [4.69, 9.17) is 10.3 Å². The number of aromatic nitrogens is 2. The molecule has 0 saturated carbocycles. The van der Waals surface area contributed by atoms with E-state index in [0.29, 0.717) is 5.56 Å². The molecule has 0 amide bonds. The van der Waals surface area contributed by atoms with Crippen LogP contribution in [0.5, 0.6) is 0 Å². The molecule has 0 aromatic carbocycles. The number of ether oxygens (including phenoxy) is 1. The Bertz CT molecular complexity index is 685. The molecule has 20 heavy (non-hydrogen) atoms. The van der Waals surface area contributed by atoms with E-state index in [1.54, 1.807) is 13.0 Å². The Labute approximate surface area is 112 Å². The summed E-state index contributed by atoms with van der Waals surface area (Å²) in [7, 11) is 0. The molecule has 3 atom stereocenters. The lowest BCUT2D eigenvalue weighted by atomic mass is 10.1. The highest BCUT2D eigenvalue weighted by Crippen LogP contribution is 2.21. The molecule has 1 unspecified atom stereocenters. The first-order valence-electron chi connectivity index (χ1n) is 5.87. The fourth-order valence-electron chi connectivity index (χ4n) is 1.89. The molecule has 1 aliphatic heterocycles. The van der Waals surface area contributed by atoms with Crippen molar-refractivity contribution in [2.75, 3.05) is 6.61 Å². The van der Waals surface area contributed by atoms with Crippen molar-refractivity contribution in [3.05, 3.63) is 55.2 Å². The number of nitrogens with one attached hydrogen (secondary N) is 1. The summed E-state index contributed by atoms with van der Waals surface area (Å²) in [5.41, 5.74) is 7.70. The summed E-state index contributed by atoms with van der Waals surface area (Å²) in [5, 5.41) is 12.7. The van der Waals surface area contributed by atoms with Gasteiger partial charge >= 0.3 is 5.69 Å². The molecule has 2 rings (SSSR count). The SMILES string of the molecule is Cc1cn([C@@H]2C=CC(N=[N+]=[N-])[C@@H](CO)O2)c(=O)[nH]c1=O. The van der Waals surface area contributed by atoms with Gasteiger partial charge in [0, 0.05) is 16.7 Å². The van der Waals surface area contributed by atoms with Gasteiger partial charge in [-0.15, -0.1) is 0 Å². The van der Waals surface area contributed by atoms with Gasteiger partial charge in [0.05, 0.1) is 18.8 Å². The molecule has 2 heterocycles. The van der Waals surface area contributed by atoms with Gasteiger partial charge in [-0.3, -0.25) is 14.3 Å². The van der Waals surface area contributed by atoms with Crippen molar-refractivity contribution in [2.45, 2.75) is 25.3 Å². The molecule has 9 heteroatoms. The van der Waals surface area contributed by atoms with Crippen molar-refractivity contribution in [3.8, 4) is 0 Å². The molecular formula is C11H13N5O4. The van der Waals surface area contributed by atoms with Crippen LogP contribution < -0.4 is 11.2 Å². The van der Waals surface area contributed by atoms with Crippen molar-refractivity contribution in [1.82, 2.24) is 9.55 Å². The van der Waals surface area contributed by atoms with Crippen LogP contribution in [0.25, 0.3) is 10.4 Å². The molecule has 106 valence electrons. The van der Waals surface area contributed by atoms with Gasteiger partial charge in [-0.2, -0.15) is 0 Å². The molecule has 0 saturated heterocycles. The Morgan fingerprint density at radius 2 is 2.30 bits per heavy atom. The summed E-state index contributed by atoms with van der Waals surface area (Å²) < 4.78 is 6.70. The first-order chi connectivity index (χ1) is 9.56. The number of rotatable bonds is 3. The number of H-pyrrole nitrogens is 1. The summed E-state index contributed by atoms with van der Waals surface area (Å²) in [6.07, 6.45) is 2.94. The van der Waals surface area contributed by atoms with Crippen molar-refractivity contribution < 1.29 is 9.84 Å². The topological polar surface area (TPSA) is 133 Å². The van der Waals surface area contributed by atoms with Crippen LogP contribution in [0.4, 0.5) is 0 Å². The maximum atomic E-state index is 11.7. The van der Waals surface area contributed by atoms with Gasteiger partial charge in [-0.05, 0) is 18.5 Å². The number of aliphatic hydroxyl groups excluding tert-OH is 1. The maximum absolute atomic E-state index is 11.7. The van der Waals surface area contributed by atoms with E-state index in [9.17, 15) is 14.7 Å². The monoisotopic (exact) mass is 279 g/mol. The third kappa shape index (κ3) is 2.64. The van der Waals surface area contributed by atoms with Crippen molar-refractivity contribution in [1.29, 1.82) is 0 Å². The fraction of sp³-hybridized carbons (Fsp3) is 0.455. The molecule has 2 N–H and O–H groups in total. The van der Waals surface area contributed by atoms with Crippen LogP contribution in [-0.2, 0) is 4.74 Å². The smallest absolute Gasteiger partial charge is 0.330 e. The summed E-state index contributed by atoms with van der Waals surface area (Å²) in [6, 6.07) is -0.638. The number of hydrogen-bond donors (Lipinski definition) is 2. The summed E-state index contributed by atoms with van der Waals surface area (Å²) in [6.45, 7) is 1.20. The fourth-order valence-corrected chi connectivity index (χ4v) is 1.89. The molecule has 0 radical (unpaired) electrons. The molecule has 9 nitrogen and oxygen atoms in total. The third-order valence-corrected chi connectivity index (χ3v) is 2.95. The van der Waals surface area contributed by atoms with Crippen LogP contribution in [0.2, 0.25) is 0 Å². The molecule has 0 aliphatic carbocycles. The van der Waals surface area contributed by atoms with Crippen molar-refractivity contribution >= 4 is 0 Å². The maximum Gasteiger partial charge on any atom is 0.330 e. The number of aromatic amines is 1. The number of aliphatic hydroxyl groups is 1. The van der Waals surface area contributed by atoms with Crippen molar-refractivity contribution in [3.63, 3.8) is 0 Å². The van der Waals surface area contributed by atoms with Crippen LogP contribution in [0.3, 0.4) is 0 Å². The predicted molar refractivity (Wildman–Crippen MR) is 69.1 cm³/mol. The highest BCUT2D eigenvalue weighted by molar-refractivity contribution is 5.08. The van der Waals surface area contributed by atoms with E-state index >= 15 is 0 Å². The second kappa shape index (κ2) is 5.74. The van der Waals surface area contributed by atoms with E-state index < -0.39 is 29.6 Å². The van der Waals surface area contributed by atoms with E-state index in [1.807, 2.05) is 0 Å². The average Bonchev–Trinajstić information content (AvgIpc) is 2.44. The van der Waals surface area contributed by atoms with Crippen LogP contribution in [-0.4, -0.2) is 33.4 Å². The standard InChI is InChI=1S/C11H13N5O4/c1-6-4-16(11(19)13-10(6)18)9-3-2-7(14-15-12)8(5-17)20-9/h2-4,7-9,17H,5H2,1H3,(H,13,18,19)/t7?,8-,9+/m1/s1. The minimum Gasteiger partial charge on any atom is -0.394 e. The first-order valence-corrected chi connectivity index (χ1v) is 5.87. The zero-order chi connectivity index (χ0) is 14.7. The lowest BCUT2D eigenvalue weighted by Gasteiger charge is -2.29. The number of azide groups is 1. The molecule has 0 spiro atoms. The van der Waals surface area contributed by atoms with E-state index in [0.717, 1.165) is 0 Å². The van der Waals surface area contributed by atoms with Crippen molar-refractivity contribution in [2.24, 2.45) is 5.11 Å². The Morgan fingerprint density at radius 1 is 1.55 bits per heavy atom. The van der Waals surface area contributed by atoms with Crippen LogP contribution in [0.1, 0.15) is 11.8 Å². The minimum atomic E-state index is -0.777. The highest BCUT2D eigenvalue weighted by atomic mass is 16.5. The second-order valence-electron chi connectivity index (χ2n) is 4.31.